The molecule has 1 aromatic rings. The van der Waals surface area contributed by atoms with Crippen LogP contribution in [0.2, 0.25) is 0 Å². The van der Waals surface area contributed by atoms with Crippen LogP contribution in [0.25, 0.3) is 0 Å². The molecule has 0 spiro atoms. The molecule has 0 atom stereocenters. The summed E-state index contributed by atoms with van der Waals surface area (Å²) in [6.07, 6.45) is 13.7. The molecular weight excluding hydrogens is 347 g/mol. The first-order valence-corrected chi connectivity index (χ1v) is 10.6. The van der Waals surface area contributed by atoms with E-state index in [2.05, 4.69) is 6.92 Å². The van der Waals surface area contributed by atoms with Crippen LogP contribution in [0.5, 0.6) is 5.75 Å². The summed E-state index contributed by atoms with van der Waals surface area (Å²) in [5.74, 6) is 0.166. The maximum atomic E-state index is 11.1. The van der Waals surface area contributed by atoms with Gasteiger partial charge in [0.25, 0.3) is 0 Å². The third kappa shape index (κ3) is 12.0. The molecule has 0 radical (unpaired) electrons. The molecule has 4 nitrogen and oxygen atoms in total. The third-order valence-corrected chi connectivity index (χ3v) is 5.00. The second-order valence-electron chi connectivity index (χ2n) is 6.28. The quantitative estimate of drug-likeness (QED) is 0.283. The number of ether oxygens (including phenoxy) is 1. The van der Waals surface area contributed by atoms with E-state index in [9.17, 15) is 13.0 Å². The van der Waals surface area contributed by atoms with Crippen LogP contribution in [0, 0.1) is 0 Å². The Morgan fingerprint density at radius 2 is 1.32 bits per heavy atom. The van der Waals surface area contributed by atoms with E-state index in [0.29, 0.717) is 6.61 Å². The van der Waals surface area contributed by atoms with Gasteiger partial charge in [0.2, 0.25) is 0 Å². The first-order chi connectivity index (χ1) is 11.6. The molecule has 0 N–H and O–H groups in total. The van der Waals surface area contributed by atoms with E-state index in [1.165, 1.54) is 76.0 Å². The van der Waals surface area contributed by atoms with Crippen LogP contribution >= 0.6 is 0 Å². The first kappa shape index (κ1) is 24.9. The summed E-state index contributed by atoms with van der Waals surface area (Å²) in [4.78, 5) is -0.270. The van der Waals surface area contributed by atoms with Gasteiger partial charge < -0.3 is 9.29 Å². The second kappa shape index (κ2) is 15.0. The van der Waals surface area contributed by atoms with Crippen LogP contribution < -0.4 is 34.3 Å². The minimum atomic E-state index is -4.47. The van der Waals surface area contributed by atoms with Crippen LogP contribution in [-0.2, 0) is 10.1 Å². The van der Waals surface area contributed by atoms with E-state index in [1.807, 2.05) is 0 Å². The van der Waals surface area contributed by atoms with Crippen molar-refractivity contribution in [1.82, 2.24) is 0 Å². The molecule has 0 heterocycles. The SMILES string of the molecule is CCCCCCCCCCCCCOc1ccccc1S(=O)(=O)[O-].[Na+]. The molecule has 0 amide bonds. The summed E-state index contributed by atoms with van der Waals surface area (Å²) in [5, 5.41) is 0. The first-order valence-electron chi connectivity index (χ1n) is 9.23. The smallest absolute Gasteiger partial charge is 0.744 e. The van der Waals surface area contributed by atoms with Gasteiger partial charge in [0, 0.05) is 0 Å². The third-order valence-electron chi connectivity index (χ3n) is 4.12. The van der Waals surface area contributed by atoms with Crippen LogP contribution in [0.4, 0.5) is 0 Å². The van der Waals surface area contributed by atoms with Gasteiger partial charge in [-0.15, -0.1) is 0 Å². The van der Waals surface area contributed by atoms with Crippen molar-refractivity contribution in [2.45, 2.75) is 82.4 Å². The average Bonchev–Trinajstić information content (AvgIpc) is 2.55. The Hall–Kier alpha value is -0.0700. The van der Waals surface area contributed by atoms with Crippen LogP contribution in [-0.4, -0.2) is 19.6 Å². The zero-order chi connectivity index (χ0) is 17.7. The van der Waals surface area contributed by atoms with Gasteiger partial charge in [-0.3, -0.25) is 0 Å². The van der Waals surface area contributed by atoms with Gasteiger partial charge >= 0.3 is 29.6 Å². The van der Waals surface area contributed by atoms with Gasteiger partial charge in [-0.05, 0) is 18.6 Å². The monoisotopic (exact) mass is 378 g/mol. The van der Waals surface area contributed by atoms with Crippen molar-refractivity contribution in [3.05, 3.63) is 24.3 Å². The number of benzene rings is 1. The Bertz CT molecular complexity index is 546. The van der Waals surface area contributed by atoms with Gasteiger partial charge in [-0.25, -0.2) is 8.42 Å². The molecule has 1 aromatic carbocycles. The standard InChI is InChI=1S/C19H32O4S.Na/c1-2-3-4-5-6-7-8-9-10-11-14-17-23-18-15-12-13-16-19(18)24(20,21)22;/h12-13,15-16H,2-11,14,17H2,1H3,(H,20,21,22);/q;+1/p-1. The average molecular weight is 379 g/mol. The molecule has 0 aliphatic carbocycles. The molecule has 0 saturated heterocycles. The molecule has 0 bridgehead atoms. The summed E-state index contributed by atoms with van der Waals surface area (Å²) in [5.41, 5.74) is 0. The van der Waals surface area contributed by atoms with Crippen molar-refractivity contribution in [3.8, 4) is 5.75 Å². The summed E-state index contributed by atoms with van der Waals surface area (Å²) in [7, 11) is -4.47. The maximum absolute atomic E-state index is 11.1. The van der Waals surface area contributed by atoms with Gasteiger partial charge in [0.15, 0.2) is 0 Å². The molecule has 1 rings (SSSR count). The summed E-state index contributed by atoms with van der Waals surface area (Å²) >= 11 is 0. The fourth-order valence-electron chi connectivity index (χ4n) is 2.72. The molecule has 0 saturated carbocycles. The number of unbranched alkanes of at least 4 members (excludes halogenated alkanes) is 10. The molecule has 0 unspecified atom stereocenters. The normalized spacial score (nSPS) is 11.1. The Morgan fingerprint density at radius 3 is 1.84 bits per heavy atom. The largest absolute Gasteiger partial charge is 1.00 e. The van der Waals surface area contributed by atoms with E-state index in [-0.39, 0.29) is 40.2 Å². The zero-order valence-corrected chi connectivity index (χ0v) is 18.7. The number of para-hydroxylation sites is 1. The van der Waals surface area contributed by atoms with Crippen LogP contribution in [0.15, 0.2) is 29.2 Å². The minimum absolute atomic E-state index is 0. The summed E-state index contributed by atoms with van der Waals surface area (Å²) < 4.78 is 38.9. The van der Waals surface area contributed by atoms with Crippen molar-refractivity contribution in [2.24, 2.45) is 0 Å². The molecule has 0 aliphatic heterocycles. The Balaban J connectivity index is 0.00000576. The number of rotatable bonds is 14. The van der Waals surface area contributed by atoms with Gasteiger partial charge in [-0.2, -0.15) is 0 Å². The van der Waals surface area contributed by atoms with Crippen molar-refractivity contribution in [2.75, 3.05) is 6.61 Å². The fraction of sp³-hybridized carbons (Fsp3) is 0.684. The van der Waals surface area contributed by atoms with Crippen molar-refractivity contribution >= 4 is 10.1 Å². The van der Waals surface area contributed by atoms with E-state index >= 15 is 0 Å². The minimum Gasteiger partial charge on any atom is -0.744 e. The molecular formula is C19H31NaO4S. The predicted molar refractivity (Wildman–Crippen MR) is 96.4 cm³/mol. The van der Waals surface area contributed by atoms with E-state index < -0.39 is 10.1 Å². The van der Waals surface area contributed by atoms with Gasteiger partial charge in [0.1, 0.15) is 15.9 Å². The van der Waals surface area contributed by atoms with E-state index in [0.717, 1.165) is 12.8 Å². The molecule has 6 heteroatoms. The van der Waals surface area contributed by atoms with Crippen molar-refractivity contribution in [3.63, 3.8) is 0 Å². The number of hydrogen-bond donors (Lipinski definition) is 0. The van der Waals surface area contributed by atoms with Crippen molar-refractivity contribution < 1.29 is 47.3 Å². The van der Waals surface area contributed by atoms with Gasteiger partial charge in [-0.1, -0.05) is 83.3 Å². The summed E-state index contributed by atoms with van der Waals surface area (Å²) in [6.45, 7) is 2.69. The fourth-order valence-corrected chi connectivity index (χ4v) is 3.34. The molecule has 0 aromatic heterocycles. The van der Waals surface area contributed by atoms with E-state index in [4.69, 9.17) is 4.74 Å². The molecule has 0 aliphatic rings. The maximum Gasteiger partial charge on any atom is 1.00 e. The topological polar surface area (TPSA) is 66.4 Å². The van der Waals surface area contributed by atoms with Crippen molar-refractivity contribution in [1.29, 1.82) is 0 Å². The second-order valence-corrected chi connectivity index (χ2v) is 7.63. The molecule has 0 fully saturated rings. The van der Waals surface area contributed by atoms with Crippen LogP contribution in [0.1, 0.15) is 77.6 Å². The Labute approximate surface area is 175 Å². The number of hydrogen-bond acceptors (Lipinski definition) is 4. The van der Waals surface area contributed by atoms with Crippen LogP contribution in [0.3, 0.4) is 0 Å². The molecule has 138 valence electrons. The molecule has 25 heavy (non-hydrogen) atoms. The van der Waals surface area contributed by atoms with E-state index in [1.54, 1.807) is 6.07 Å². The Morgan fingerprint density at radius 1 is 0.840 bits per heavy atom. The zero-order valence-electron chi connectivity index (χ0n) is 15.8. The summed E-state index contributed by atoms with van der Waals surface area (Å²) in [6, 6.07) is 6.02. The Kier molecular flexibility index (Phi) is 15.0. The predicted octanol–water partition coefficient (Wildman–Crippen LogP) is 2.28. The van der Waals surface area contributed by atoms with Gasteiger partial charge in [0.05, 0.1) is 11.5 Å².